The van der Waals surface area contributed by atoms with Gasteiger partial charge in [0.15, 0.2) is 0 Å². The van der Waals surface area contributed by atoms with Gasteiger partial charge in [-0.3, -0.25) is 14.4 Å². The van der Waals surface area contributed by atoms with Gasteiger partial charge in [-0.05, 0) is 62.6 Å². The van der Waals surface area contributed by atoms with Gasteiger partial charge in [-0.2, -0.15) is 0 Å². The van der Waals surface area contributed by atoms with E-state index in [0.29, 0.717) is 54.0 Å². The fourth-order valence-electron chi connectivity index (χ4n) is 4.50. The first kappa shape index (κ1) is 28.4. The summed E-state index contributed by atoms with van der Waals surface area (Å²) in [5, 5.41) is 6.07. The number of hydrogen-bond donors (Lipinski definition) is 2. The Morgan fingerprint density at radius 3 is 2.23 bits per heavy atom. The minimum Gasteiger partial charge on any atom is -0.492 e. The number of benzene rings is 3. The van der Waals surface area contributed by atoms with Gasteiger partial charge in [0, 0.05) is 33.7 Å². The summed E-state index contributed by atoms with van der Waals surface area (Å²) < 4.78 is 12.3. The predicted octanol–water partition coefficient (Wildman–Crippen LogP) is 6.45. The summed E-state index contributed by atoms with van der Waals surface area (Å²) in [6.07, 6.45) is 1.45. The molecule has 0 aliphatic carbocycles. The molecule has 0 aromatic heterocycles. The van der Waals surface area contributed by atoms with Crippen LogP contribution in [0.25, 0.3) is 0 Å². The fraction of sp³-hybridized carbons (Fsp3) is 0.276. The first-order valence-corrected chi connectivity index (χ1v) is 13.9. The van der Waals surface area contributed by atoms with Gasteiger partial charge in [0.05, 0.1) is 30.6 Å². The number of nitrogens with zero attached hydrogens (tertiary/aromatic N) is 1. The molecule has 3 aromatic carbocycles. The number of nitrogens with one attached hydrogen (secondary N) is 2. The zero-order valence-corrected chi connectivity index (χ0v) is 24.0. The molecule has 0 saturated carbocycles. The molecule has 204 valence electrons. The molecule has 1 aliphatic rings. The highest BCUT2D eigenvalue weighted by molar-refractivity contribution is 9.10. The third-order valence-corrected chi connectivity index (χ3v) is 7.08. The van der Waals surface area contributed by atoms with Gasteiger partial charge in [-0.15, -0.1) is 0 Å². The second-order valence-corrected chi connectivity index (χ2v) is 10.1. The third kappa shape index (κ3) is 6.72. The van der Waals surface area contributed by atoms with E-state index in [1.165, 1.54) is 0 Å². The summed E-state index contributed by atoms with van der Waals surface area (Å²) in [4.78, 5) is 40.8. The first-order valence-electron chi connectivity index (χ1n) is 12.7. The van der Waals surface area contributed by atoms with Crippen LogP contribution in [0.5, 0.6) is 11.5 Å². The molecule has 0 spiro atoms. The molecule has 3 aromatic rings. The molecule has 1 saturated heterocycles. The average molecular weight is 615 g/mol. The number of halogens is 2. The first-order chi connectivity index (χ1) is 18.8. The van der Waals surface area contributed by atoms with Crippen LogP contribution in [-0.2, 0) is 9.59 Å². The van der Waals surface area contributed by atoms with E-state index in [0.717, 1.165) is 16.5 Å². The quantitative estimate of drug-likeness (QED) is 0.284. The van der Waals surface area contributed by atoms with E-state index in [4.69, 9.17) is 21.1 Å². The van der Waals surface area contributed by atoms with Crippen LogP contribution in [0, 0.1) is 0 Å². The van der Waals surface area contributed by atoms with Crippen molar-refractivity contribution in [2.45, 2.75) is 32.7 Å². The van der Waals surface area contributed by atoms with Crippen LogP contribution < -0.4 is 20.1 Å². The number of hydrogen-bond acceptors (Lipinski definition) is 5. The van der Waals surface area contributed by atoms with E-state index in [-0.39, 0.29) is 17.6 Å². The van der Waals surface area contributed by atoms with Crippen LogP contribution >= 0.6 is 27.5 Å². The highest BCUT2D eigenvalue weighted by atomic mass is 79.9. The van der Waals surface area contributed by atoms with Crippen LogP contribution in [0.15, 0.2) is 65.1 Å². The number of anilines is 2. The van der Waals surface area contributed by atoms with Crippen LogP contribution in [0.3, 0.4) is 0 Å². The molecule has 1 unspecified atom stereocenters. The van der Waals surface area contributed by atoms with Crippen molar-refractivity contribution in [3.8, 4) is 11.5 Å². The summed E-state index contributed by atoms with van der Waals surface area (Å²) in [7, 11) is 0. The molecule has 8 nitrogen and oxygen atoms in total. The van der Waals surface area contributed by atoms with Gasteiger partial charge in [-0.1, -0.05) is 45.7 Å². The number of carbonyl (C=O) groups is 3. The highest BCUT2D eigenvalue weighted by Gasteiger charge is 2.35. The van der Waals surface area contributed by atoms with Crippen molar-refractivity contribution in [1.82, 2.24) is 4.90 Å². The lowest BCUT2D eigenvalue weighted by Gasteiger charge is -2.25. The van der Waals surface area contributed by atoms with Gasteiger partial charge < -0.3 is 25.0 Å². The van der Waals surface area contributed by atoms with Crippen molar-refractivity contribution in [2.24, 2.45) is 0 Å². The number of likely N-dealkylation sites (tertiary alicyclic amines) is 1. The number of ether oxygens (including phenoxy) is 2. The molecule has 4 rings (SSSR count). The normalized spacial score (nSPS) is 14.6. The Balaban J connectivity index is 1.58. The summed E-state index contributed by atoms with van der Waals surface area (Å²) in [5.41, 5.74) is 1.90. The third-order valence-electron chi connectivity index (χ3n) is 6.24. The van der Waals surface area contributed by atoms with Crippen LogP contribution in [-0.4, -0.2) is 42.4 Å². The number of amides is 3. The van der Waals surface area contributed by atoms with Gasteiger partial charge >= 0.3 is 11.8 Å². The Morgan fingerprint density at radius 2 is 1.59 bits per heavy atom. The molecule has 39 heavy (non-hydrogen) atoms. The number of rotatable bonds is 8. The topological polar surface area (TPSA) is 97.0 Å². The van der Waals surface area contributed by atoms with Gasteiger partial charge in [0.25, 0.3) is 5.91 Å². The summed E-state index contributed by atoms with van der Waals surface area (Å²) in [6.45, 7) is 4.66. The molecule has 0 bridgehead atoms. The molecule has 3 amide bonds. The van der Waals surface area contributed by atoms with Crippen LogP contribution in [0.4, 0.5) is 11.4 Å². The van der Waals surface area contributed by atoms with E-state index >= 15 is 0 Å². The Kier molecular flexibility index (Phi) is 9.48. The largest absolute Gasteiger partial charge is 0.492 e. The highest BCUT2D eigenvalue weighted by Crippen LogP contribution is 2.39. The van der Waals surface area contributed by atoms with E-state index in [1.807, 2.05) is 25.1 Å². The van der Waals surface area contributed by atoms with Gasteiger partial charge in [0.1, 0.15) is 11.5 Å². The molecule has 1 heterocycles. The maximum absolute atomic E-state index is 13.3. The van der Waals surface area contributed by atoms with Crippen molar-refractivity contribution in [3.63, 3.8) is 0 Å². The summed E-state index contributed by atoms with van der Waals surface area (Å²) >= 11 is 9.88. The zero-order chi connectivity index (χ0) is 27.9. The standard InChI is InChI=1S/C29H29BrClN3O5/c1-3-38-25-17-23(26(39-4-2)16-22(25)32-27(35)18-9-6-5-7-10-18)33-28(36)29(37)34-14-8-11-24(34)20-15-19(30)12-13-21(20)31/h5-7,9-10,12-13,15-17,24H,3-4,8,11,14H2,1-2H3,(H,32,35)(H,33,36). The van der Waals surface area contributed by atoms with Crippen molar-refractivity contribution in [1.29, 1.82) is 0 Å². The van der Waals surface area contributed by atoms with Crippen molar-refractivity contribution in [3.05, 3.63) is 81.3 Å². The Hall–Kier alpha value is -3.56. The Labute approximate surface area is 240 Å². The van der Waals surface area contributed by atoms with Gasteiger partial charge in [-0.25, -0.2) is 0 Å². The van der Waals surface area contributed by atoms with Crippen molar-refractivity contribution < 1.29 is 23.9 Å². The zero-order valence-electron chi connectivity index (χ0n) is 21.6. The van der Waals surface area contributed by atoms with Gasteiger partial charge in [0.2, 0.25) is 0 Å². The maximum atomic E-state index is 13.3. The summed E-state index contributed by atoms with van der Waals surface area (Å²) in [6, 6.07) is 17.1. The number of carbonyl (C=O) groups excluding carboxylic acids is 3. The smallest absolute Gasteiger partial charge is 0.314 e. The summed E-state index contributed by atoms with van der Waals surface area (Å²) in [5.74, 6) is -1.18. The molecule has 1 fully saturated rings. The Morgan fingerprint density at radius 1 is 0.949 bits per heavy atom. The van der Waals surface area contributed by atoms with Crippen molar-refractivity contribution >= 4 is 56.6 Å². The fourth-order valence-corrected chi connectivity index (χ4v) is 5.12. The predicted molar refractivity (Wildman–Crippen MR) is 155 cm³/mol. The van der Waals surface area contributed by atoms with Crippen LogP contribution in [0.1, 0.15) is 48.7 Å². The molecule has 2 N–H and O–H groups in total. The maximum Gasteiger partial charge on any atom is 0.314 e. The molecular formula is C29H29BrClN3O5. The molecule has 1 atom stereocenters. The van der Waals surface area contributed by atoms with Crippen molar-refractivity contribution in [2.75, 3.05) is 30.4 Å². The second-order valence-electron chi connectivity index (χ2n) is 8.81. The molecule has 1 aliphatic heterocycles. The van der Waals surface area contributed by atoms with E-state index in [1.54, 1.807) is 54.3 Å². The molecule has 0 radical (unpaired) electrons. The Bertz CT molecular complexity index is 1370. The lowest BCUT2D eigenvalue weighted by atomic mass is 10.0. The lowest BCUT2D eigenvalue weighted by molar-refractivity contribution is -0.143. The van der Waals surface area contributed by atoms with E-state index in [2.05, 4.69) is 26.6 Å². The minimum absolute atomic E-state index is 0.257. The van der Waals surface area contributed by atoms with E-state index < -0.39 is 11.8 Å². The van der Waals surface area contributed by atoms with E-state index in [9.17, 15) is 14.4 Å². The molecular weight excluding hydrogens is 586 g/mol. The lowest BCUT2D eigenvalue weighted by Crippen LogP contribution is -2.39. The SMILES string of the molecule is CCOc1cc(NC(=O)c2ccccc2)c(OCC)cc1NC(=O)C(=O)N1CCCC1c1cc(Br)ccc1Cl. The second kappa shape index (κ2) is 13.0. The average Bonchev–Trinajstić information content (AvgIpc) is 3.42. The minimum atomic E-state index is -0.808. The van der Waals surface area contributed by atoms with Crippen LogP contribution in [0.2, 0.25) is 5.02 Å². The molecule has 10 heteroatoms. The monoisotopic (exact) mass is 613 g/mol.